The van der Waals surface area contributed by atoms with Gasteiger partial charge in [-0.25, -0.2) is 0 Å². The van der Waals surface area contributed by atoms with Gasteiger partial charge < -0.3 is 31.5 Å². The summed E-state index contributed by atoms with van der Waals surface area (Å²) in [5.41, 5.74) is 0. The minimum atomic E-state index is -2.55. The summed E-state index contributed by atoms with van der Waals surface area (Å²) in [6.07, 6.45) is 4.38. The van der Waals surface area contributed by atoms with E-state index in [1.54, 1.807) is 15.8 Å². The molecule has 3 fully saturated rings. The molecular weight excluding hydrogens is 918 g/mol. The van der Waals surface area contributed by atoms with Gasteiger partial charge in [0.15, 0.2) is 0 Å². The molecular formula is C54H123Al3N4O3Si3. The van der Waals surface area contributed by atoms with Crippen molar-refractivity contribution in [3.05, 3.63) is 0 Å². The first-order chi connectivity index (χ1) is 31.0. The Balaban J connectivity index is 0.000000986. The maximum atomic E-state index is 6.57. The SMILES string of the molecule is CC(C)[CH2][Al]([CH2]C[Si](C)(N(C)C)N(C)C)[CH2]C(C)C.CC(C)[CH2][Al]([CH2]C[Si]12OC(C)CC(CC(C)O1)CC(C)O2)[CH2]C(C)C.CCN(CC)[Si](C)(C[CH2][Al]([CH2]C(C)C)[CH2]C(C)C)N(CC)CC. The normalized spacial score (nSPS) is 21.7. The molecule has 3 aliphatic rings. The number of hydrogen-bond donors (Lipinski definition) is 0. The van der Waals surface area contributed by atoms with E-state index in [0.29, 0.717) is 5.92 Å². The van der Waals surface area contributed by atoms with E-state index < -0.39 is 68.0 Å². The zero-order chi connectivity index (χ0) is 51.9. The lowest BCUT2D eigenvalue weighted by atomic mass is 9.91. The van der Waals surface area contributed by atoms with Crippen molar-refractivity contribution in [1.82, 2.24) is 18.3 Å². The molecule has 3 atom stereocenters. The Morgan fingerprint density at radius 2 is 0.701 bits per heavy atom. The molecule has 0 saturated carbocycles. The molecule has 398 valence electrons. The summed E-state index contributed by atoms with van der Waals surface area (Å²) in [5, 5.41) is 13.4. The van der Waals surface area contributed by atoms with Gasteiger partial charge in [0.05, 0.1) is 0 Å². The van der Waals surface area contributed by atoms with Crippen molar-refractivity contribution < 1.29 is 13.3 Å². The first-order valence-corrected chi connectivity index (χ1v) is 43.4. The van der Waals surface area contributed by atoms with Gasteiger partial charge in [-0.05, 0) is 126 Å². The van der Waals surface area contributed by atoms with Crippen molar-refractivity contribution in [2.75, 3.05) is 54.4 Å². The Bertz CT molecular complexity index is 1140. The lowest BCUT2D eigenvalue weighted by Gasteiger charge is -2.46. The molecule has 0 aromatic carbocycles. The van der Waals surface area contributed by atoms with E-state index in [-0.39, 0.29) is 18.3 Å². The fourth-order valence-electron chi connectivity index (χ4n) is 12.5. The van der Waals surface area contributed by atoms with Crippen LogP contribution in [0.25, 0.3) is 0 Å². The van der Waals surface area contributed by atoms with Crippen LogP contribution in [0.5, 0.6) is 0 Å². The summed E-state index contributed by atoms with van der Waals surface area (Å²) in [5.74, 6) is 5.86. The van der Waals surface area contributed by atoms with Gasteiger partial charge in [-0.1, -0.05) is 194 Å². The van der Waals surface area contributed by atoms with E-state index in [0.717, 1.165) is 41.6 Å². The van der Waals surface area contributed by atoms with E-state index in [1.165, 1.54) is 89.2 Å². The van der Waals surface area contributed by atoms with Crippen LogP contribution in [0.4, 0.5) is 0 Å². The summed E-state index contributed by atoms with van der Waals surface area (Å²) in [4.78, 5) is 0. The predicted molar refractivity (Wildman–Crippen MR) is 315 cm³/mol. The van der Waals surface area contributed by atoms with Gasteiger partial charge in [0.25, 0.3) is 42.4 Å². The van der Waals surface area contributed by atoms with E-state index in [9.17, 15) is 0 Å². The van der Waals surface area contributed by atoms with E-state index >= 15 is 0 Å². The molecule has 2 bridgehead atoms. The molecule has 0 spiro atoms. The van der Waals surface area contributed by atoms with Gasteiger partial charge in [0.1, 0.15) is 0 Å². The molecule has 3 heterocycles. The molecule has 0 N–H and O–H groups in total. The van der Waals surface area contributed by atoms with E-state index in [2.05, 4.69) is 191 Å². The molecule has 0 radical (unpaired) electrons. The zero-order valence-corrected chi connectivity index (χ0v) is 56.9. The van der Waals surface area contributed by atoms with Gasteiger partial charge >= 0.3 is 8.80 Å². The second-order valence-corrected chi connectivity index (χ2v) is 46.9. The second kappa shape index (κ2) is 35.3. The Morgan fingerprint density at radius 1 is 0.448 bits per heavy atom. The standard InChI is InChI=1S/C12H23O3Si.C11H27N2Si.C7H19N2Si.6C4H9.3Al/c1-5-16-13-9(2)6-12(7-10(3)14-16)8-11(4)15-16;1-7-12(8-2)14(6,11-5)13(9-3)10-4;1-7-10(6,8(2)3)9(4)5;6*1-4(2)3;;;/h9-12H,1,5-8H2,2-4H3;5,7-11H2,1-4,6H3;1,7H2,2-6H3;6*4H,1H2,2-3H3;;;. The van der Waals surface area contributed by atoms with Crippen molar-refractivity contribution in [2.45, 2.75) is 248 Å². The summed E-state index contributed by atoms with van der Waals surface area (Å²) in [6.45, 7) is 54.9. The monoisotopic (exact) mass is 1040 g/mol. The van der Waals surface area contributed by atoms with Crippen molar-refractivity contribution >= 4 is 68.0 Å². The van der Waals surface area contributed by atoms with Crippen LogP contribution in [0.2, 0.25) is 78.8 Å². The number of rotatable bonds is 29. The average molecular weight is 1040 g/mol. The molecule has 3 rings (SSSR count). The van der Waals surface area contributed by atoms with Crippen molar-refractivity contribution in [3.8, 4) is 0 Å². The van der Waals surface area contributed by atoms with E-state index in [1.807, 2.05) is 0 Å². The maximum absolute atomic E-state index is 6.57. The average Bonchev–Trinajstić information content (AvgIpc) is 3.16. The Kier molecular flexibility index (Phi) is 36.3. The fraction of sp³-hybridized carbons (Fsp3) is 1.00. The van der Waals surface area contributed by atoms with Crippen molar-refractivity contribution in [3.63, 3.8) is 0 Å². The molecule has 0 amide bonds. The van der Waals surface area contributed by atoms with Crippen LogP contribution in [-0.4, -0.2) is 159 Å². The highest BCUT2D eigenvalue weighted by Gasteiger charge is 2.50. The fourth-order valence-corrected chi connectivity index (χ4v) is 41.3. The molecule has 3 unspecified atom stereocenters. The first-order valence-electron chi connectivity index (χ1n) is 28.9. The zero-order valence-electron chi connectivity index (χ0n) is 50.5. The summed E-state index contributed by atoms with van der Waals surface area (Å²) >= 11 is -1.91. The van der Waals surface area contributed by atoms with Crippen LogP contribution >= 0.6 is 0 Å². The summed E-state index contributed by atoms with van der Waals surface area (Å²) in [7, 11) is 3.70. The minimum Gasteiger partial charge on any atom is -0.371 e. The number of fused-ring (bicyclic) bond motifs is 6. The number of hydrogen-bond acceptors (Lipinski definition) is 7. The summed E-state index contributed by atoms with van der Waals surface area (Å²) in [6, 6.07) is 3.99. The third-order valence-corrected chi connectivity index (χ3v) is 43.9. The van der Waals surface area contributed by atoms with Crippen LogP contribution in [0.15, 0.2) is 0 Å². The lowest BCUT2D eigenvalue weighted by Crippen LogP contribution is -2.63. The van der Waals surface area contributed by atoms with Crippen LogP contribution in [-0.2, 0) is 13.3 Å². The van der Waals surface area contributed by atoms with Crippen LogP contribution in [0, 0.1) is 41.4 Å². The molecule has 3 saturated heterocycles. The molecule has 7 nitrogen and oxygen atoms in total. The Labute approximate surface area is 440 Å². The van der Waals surface area contributed by atoms with Crippen molar-refractivity contribution in [1.29, 1.82) is 0 Å². The smallest absolute Gasteiger partial charge is 0.371 e. The van der Waals surface area contributed by atoms with Gasteiger partial charge in [-0.2, -0.15) is 0 Å². The molecule has 3 aliphatic heterocycles. The Hall–Kier alpha value is 1.97. The third-order valence-electron chi connectivity index (χ3n) is 15.7. The van der Waals surface area contributed by atoms with Gasteiger partial charge in [0.2, 0.25) is 16.8 Å². The van der Waals surface area contributed by atoms with Crippen molar-refractivity contribution in [2.24, 2.45) is 41.4 Å². The largest absolute Gasteiger partial charge is 0.500 e. The molecule has 0 aromatic heterocycles. The summed E-state index contributed by atoms with van der Waals surface area (Å²) < 4.78 is 30.4. The quantitative estimate of drug-likeness (QED) is 0.0692. The molecule has 0 aromatic rings. The topological polar surface area (TPSA) is 40.7 Å². The predicted octanol–water partition coefficient (Wildman–Crippen LogP) is 15.3. The number of nitrogens with zero attached hydrogens (tertiary/aromatic N) is 4. The second-order valence-electron chi connectivity index (χ2n) is 25.6. The van der Waals surface area contributed by atoms with Gasteiger partial charge in [-0.3, -0.25) is 0 Å². The third kappa shape index (κ3) is 27.9. The highest BCUT2D eigenvalue weighted by atomic mass is 28.4. The van der Waals surface area contributed by atoms with Crippen LogP contribution in [0.3, 0.4) is 0 Å². The highest BCUT2D eigenvalue weighted by molar-refractivity contribution is 6.75. The van der Waals surface area contributed by atoms with Gasteiger partial charge in [-0.15, -0.1) is 0 Å². The maximum Gasteiger partial charge on any atom is 0.500 e. The van der Waals surface area contributed by atoms with Crippen LogP contribution in [0.1, 0.15) is 151 Å². The van der Waals surface area contributed by atoms with E-state index in [4.69, 9.17) is 13.3 Å². The highest BCUT2D eigenvalue weighted by Crippen LogP contribution is 2.38. The molecule has 67 heavy (non-hydrogen) atoms. The minimum absolute atomic E-state index is 0.284. The van der Waals surface area contributed by atoms with Crippen LogP contribution < -0.4 is 0 Å². The molecule has 0 aliphatic carbocycles. The molecule has 13 heteroatoms. The first kappa shape index (κ1) is 69.0. The van der Waals surface area contributed by atoms with Gasteiger partial charge in [0, 0.05) is 24.4 Å². The lowest BCUT2D eigenvalue weighted by molar-refractivity contribution is -0.0646. The Morgan fingerprint density at radius 3 is 0.940 bits per heavy atom.